The molecule has 0 saturated carbocycles. The molecule has 5 nitrogen and oxygen atoms in total. The van der Waals surface area contributed by atoms with E-state index in [4.69, 9.17) is 0 Å². The highest BCUT2D eigenvalue weighted by molar-refractivity contribution is 5.76. The number of amides is 2. The number of aliphatic hydroxyl groups is 1. The molecule has 2 atom stereocenters. The number of nitrogens with one attached hydrogen (secondary N) is 1. The van der Waals surface area contributed by atoms with Crippen LogP contribution in [-0.2, 0) is 6.54 Å². The number of carbonyl (C=O) groups is 1. The molecule has 154 valence electrons. The van der Waals surface area contributed by atoms with Gasteiger partial charge in [0.1, 0.15) is 5.82 Å². The van der Waals surface area contributed by atoms with Gasteiger partial charge in [-0.05, 0) is 29.7 Å². The fourth-order valence-corrected chi connectivity index (χ4v) is 4.90. The van der Waals surface area contributed by atoms with Crippen molar-refractivity contribution < 1.29 is 14.3 Å². The van der Waals surface area contributed by atoms with E-state index in [9.17, 15) is 14.3 Å². The molecule has 4 rings (SSSR count). The lowest BCUT2D eigenvalue weighted by Gasteiger charge is -2.70. The number of aliphatic hydroxyl groups excluding tert-OH is 1. The third kappa shape index (κ3) is 3.51. The van der Waals surface area contributed by atoms with E-state index >= 15 is 0 Å². The lowest BCUT2D eigenvalue weighted by molar-refractivity contribution is -0.183. The van der Waals surface area contributed by atoms with Gasteiger partial charge in [-0.15, -0.1) is 0 Å². The van der Waals surface area contributed by atoms with Crippen molar-refractivity contribution in [2.24, 2.45) is 0 Å². The molecule has 2 aliphatic rings. The largest absolute Gasteiger partial charge is 0.395 e. The molecule has 0 radical (unpaired) electrons. The molecule has 29 heavy (non-hydrogen) atoms. The third-order valence-electron chi connectivity index (χ3n) is 6.29. The van der Waals surface area contributed by atoms with Crippen LogP contribution in [0.25, 0.3) is 0 Å². The van der Waals surface area contributed by atoms with Crippen molar-refractivity contribution in [2.75, 3.05) is 26.2 Å². The minimum absolute atomic E-state index is 0.0247. The molecule has 1 spiro atoms. The van der Waals surface area contributed by atoms with Gasteiger partial charge in [0.2, 0.25) is 0 Å². The Labute approximate surface area is 171 Å². The lowest BCUT2D eigenvalue weighted by atomic mass is 9.60. The van der Waals surface area contributed by atoms with Gasteiger partial charge in [0.25, 0.3) is 0 Å². The maximum atomic E-state index is 13.3. The van der Waals surface area contributed by atoms with Crippen LogP contribution in [0.15, 0.2) is 54.6 Å². The van der Waals surface area contributed by atoms with E-state index in [0.717, 1.165) is 12.0 Å². The van der Waals surface area contributed by atoms with Crippen LogP contribution in [0.1, 0.15) is 30.4 Å². The molecule has 2 N–H and O–H groups in total. The Hall–Kier alpha value is -2.44. The Morgan fingerprint density at radius 2 is 1.86 bits per heavy atom. The van der Waals surface area contributed by atoms with Gasteiger partial charge in [0, 0.05) is 38.1 Å². The predicted molar refractivity (Wildman–Crippen MR) is 110 cm³/mol. The third-order valence-corrected chi connectivity index (χ3v) is 6.29. The van der Waals surface area contributed by atoms with Crippen LogP contribution in [0.2, 0.25) is 0 Å². The Kier molecular flexibility index (Phi) is 5.56. The van der Waals surface area contributed by atoms with Crippen LogP contribution < -0.4 is 5.32 Å². The summed E-state index contributed by atoms with van der Waals surface area (Å²) in [6.45, 7) is 4.62. The molecule has 0 bridgehead atoms. The second kappa shape index (κ2) is 8.13. The fourth-order valence-electron chi connectivity index (χ4n) is 4.90. The fraction of sp³-hybridized carbons (Fsp3) is 0.435. The van der Waals surface area contributed by atoms with Crippen LogP contribution in [0.3, 0.4) is 0 Å². The molecule has 6 heteroatoms. The molecule has 0 unspecified atom stereocenters. The lowest BCUT2D eigenvalue weighted by Crippen LogP contribution is -2.85. The van der Waals surface area contributed by atoms with E-state index < -0.39 is 0 Å². The maximum absolute atomic E-state index is 13.3. The number of nitrogens with zero attached hydrogens (tertiary/aromatic N) is 2. The van der Waals surface area contributed by atoms with E-state index in [2.05, 4.69) is 22.3 Å². The number of rotatable bonds is 6. The van der Waals surface area contributed by atoms with Crippen LogP contribution in [-0.4, -0.2) is 58.8 Å². The van der Waals surface area contributed by atoms with E-state index in [0.29, 0.717) is 26.2 Å². The SMILES string of the molecule is CCCNC(=O)N1CC2(C1)[C@@H](c1ccccc1)[C@@H](CO)N2Cc1ccc(F)cc1. The molecule has 2 aromatic rings. The molecular weight excluding hydrogens is 369 g/mol. The van der Waals surface area contributed by atoms with Gasteiger partial charge in [-0.1, -0.05) is 49.4 Å². The van der Waals surface area contributed by atoms with Crippen molar-refractivity contribution in [2.45, 2.75) is 37.4 Å². The number of halogens is 1. The smallest absolute Gasteiger partial charge is 0.317 e. The molecule has 2 saturated heterocycles. The summed E-state index contributed by atoms with van der Waals surface area (Å²) in [6, 6.07) is 16.7. The van der Waals surface area contributed by atoms with Crippen LogP contribution in [0.5, 0.6) is 0 Å². The van der Waals surface area contributed by atoms with Crippen LogP contribution >= 0.6 is 0 Å². The number of likely N-dealkylation sites (tertiary alicyclic amines) is 2. The first-order chi connectivity index (χ1) is 14.1. The highest BCUT2D eigenvalue weighted by atomic mass is 19.1. The van der Waals surface area contributed by atoms with Crippen LogP contribution in [0.4, 0.5) is 9.18 Å². The van der Waals surface area contributed by atoms with Gasteiger partial charge in [-0.25, -0.2) is 9.18 Å². The van der Waals surface area contributed by atoms with E-state index in [1.54, 1.807) is 12.1 Å². The van der Waals surface area contributed by atoms with Crippen molar-refractivity contribution in [1.29, 1.82) is 0 Å². The summed E-state index contributed by atoms with van der Waals surface area (Å²) in [6.07, 6.45) is 0.903. The minimum atomic E-state index is -0.254. The summed E-state index contributed by atoms with van der Waals surface area (Å²) >= 11 is 0. The zero-order chi connectivity index (χ0) is 20.4. The first-order valence-corrected chi connectivity index (χ1v) is 10.3. The molecule has 2 aromatic carbocycles. The van der Waals surface area contributed by atoms with Gasteiger partial charge < -0.3 is 15.3 Å². The Morgan fingerprint density at radius 3 is 2.48 bits per heavy atom. The van der Waals surface area contributed by atoms with Crippen molar-refractivity contribution >= 4 is 6.03 Å². The van der Waals surface area contributed by atoms with Gasteiger partial charge in [-0.3, -0.25) is 4.90 Å². The molecule has 0 aliphatic carbocycles. The molecule has 2 aliphatic heterocycles. The highest BCUT2D eigenvalue weighted by Gasteiger charge is 2.66. The number of urea groups is 1. The highest BCUT2D eigenvalue weighted by Crippen LogP contribution is 2.54. The number of hydrogen-bond acceptors (Lipinski definition) is 3. The summed E-state index contributed by atoms with van der Waals surface area (Å²) in [5, 5.41) is 13.1. The van der Waals surface area contributed by atoms with Gasteiger partial charge in [0.15, 0.2) is 0 Å². The monoisotopic (exact) mass is 397 g/mol. The van der Waals surface area contributed by atoms with Crippen molar-refractivity contribution in [3.8, 4) is 0 Å². The Morgan fingerprint density at radius 1 is 1.17 bits per heavy atom. The molecule has 2 fully saturated rings. The summed E-state index contributed by atoms with van der Waals surface area (Å²) in [5.41, 5.74) is 1.99. The molecule has 2 heterocycles. The average molecular weight is 397 g/mol. The summed E-state index contributed by atoms with van der Waals surface area (Å²) < 4.78 is 13.3. The molecule has 2 amide bonds. The number of benzene rings is 2. The molecular formula is C23H28FN3O2. The summed E-state index contributed by atoms with van der Waals surface area (Å²) in [4.78, 5) is 16.6. The van der Waals surface area contributed by atoms with Gasteiger partial charge in [0.05, 0.1) is 12.1 Å². The first kappa shape index (κ1) is 19.9. The molecule has 0 aromatic heterocycles. The second-order valence-corrected chi connectivity index (χ2v) is 8.08. The quantitative estimate of drug-likeness (QED) is 0.788. The van der Waals surface area contributed by atoms with E-state index in [-0.39, 0.29) is 36.0 Å². The van der Waals surface area contributed by atoms with Gasteiger partial charge >= 0.3 is 6.03 Å². The number of carbonyl (C=O) groups excluding carboxylic acids is 1. The first-order valence-electron chi connectivity index (χ1n) is 10.3. The standard InChI is InChI=1S/C23H28FN3O2/c1-2-12-25-22(29)26-15-23(16-26)21(18-6-4-3-5-7-18)20(14-28)27(23)13-17-8-10-19(24)11-9-17/h3-11,20-21,28H,2,12-16H2,1H3,(H,25,29)/t20-,21+/m1/s1. The number of hydrogen-bond donors (Lipinski definition) is 2. The van der Waals surface area contributed by atoms with E-state index in [1.807, 2.05) is 30.0 Å². The predicted octanol–water partition coefficient (Wildman–Crippen LogP) is 2.96. The topological polar surface area (TPSA) is 55.8 Å². The van der Waals surface area contributed by atoms with Crippen molar-refractivity contribution in [1.82, 2.24) is 15.1 Å². The van der Waals surface area contributed by atoms with E-state index in [1.165, 1.54) is 17.7 Å². The Balaban J connectivity index is 1.58. The van der Waals surface area contributed by atoms with Crippen molar-refractivity contribution in [3.63, 3.8) is 0 Å². The zero-order valence-corrected chi connectivity index (χ0v) is 16.7. The minimum Gasteiger partial charge on any atom is -0.395 e. The maximum Gasteiger partial charge on any atom is 0.317 e. The Bertz CT molecular complexity index is 837. The van der Waals surface area contributed by atoms with Gasteiger partial charge in [-0.2, -0.15) is 0 Å². The zero-order valence-electron chi connectivity index (χ0n) is 16.7. The average Bonchev–Trinajstić information content (AvgIpc) is 2.70. The summed E-state index contributed by atoms with van der Waals surface area (Å²) in [5.74, 6) is -0.0975. The normalized spacial score (nSPS) is 22.8. The van der Waals surface area contributed by atoms with Crippen molar-refractivity contribution in [3.05, 3.63) is 71.5 Å². The van der Waals surface area contributed by atoms with Crippen LogP contribution in [0, 0.1) is 5.82 Å². The summed E-state index contributed by atoms with van der Waals surface area (Å²) in [7, 11) is 0. The second-order valence-electron chi connectivity index (χ2n) is 8.08.